The van der Waals surface area contributed by atoms with Gasteiger partial charge < -0.3 is 14.6 Å². The van der Waals surface area contributed by atoms with Crippen molar-refractivity contribution in [1.29, 1.82) is 0 Å². The van der Waals surface area contributed by atoms with Gasteiger partial charge in [-0.25, -0.2) is 9.59 Å². The molecule has 0 atom stereocenters. The molecule has 0 amide bonds. The molecule has 0 aliphatic carbocycles. The van der Waals surface area contributed by atoms with Crippen molar-refractivity contribution in [1.82, 2.24) is 0 Å². The van der Waals surface area contributed by atoms with E-state index in [1.807, 2.05) is 0 Å². The summed E-state index contributed by atoms with van der Waals surface area (Å²) in [6, 6.07) is 4.90. The fraction of sp³-hybridized carbons (Fsp3) is 0.125. The molecule has 25 heavy (non-hydrogen) atoms. The summed E-state index contributed by atoms with van der Waals surface area (Å²) in [6.07, 6.45) is 0. The number of hydrogen-bond acceptors (Lipinski definition) is 4. The monoisotopic (exact) mass is 422 g/mol. The highest BCUT2D eigenvalue weighted by Gasteiger charge is 2.20. The summed E-state index contributed by atoms with van der Waals surface area (Å²) in [5.74, 6) is -1.95. The Balaban J connectivity index is 2.33. The van der Waals surface area contributed by atoms with E-state index < -0.39 is 11.9 Å². The summed E-state index contributed by atoms with van der Waals surface area (Å²) in [5.41, 5.74) is -0.0881. The van der Waals surface area contributed by atoms with Crippen molar-refractivity contribution >= 4 is 58.3 Å². The summed E-state index contributed by atoms with van der Waals surface area (Å²) >= 11 is 24.0. The number of benzene rings is 2. The predicted molar refractivity (Wildman–Crippen MR) is 96.0 cm³/mol. The highest BCUT2D eigenvalue weighted by molar-refractivity contribution is 6.38. The van der Waals surface area contributed by atoms with Crippen molar-refractivity contribution in [3.63, 3.8) is 0 Å². The highest BCUT2D eigenvalue weighted by Crippen LogP contribution is 2.37. The van der Waals surface area contributed by atoms with E-state index in [1.165, 1.54) is 12.1 Å². The Kier molecular flexibility index (Phi) is 6.41. The van der Waals surface area contributed by atoms with Crippen molar-refractivity contribution in [2.45, 2.75) is 6.92 Å². The van der Waals surface area contributed by atoms with Gasteiger partial charge in [-0.2, -0.15) is 0 Å². The lowest BCUT2D eigenvalue weighted by atomic mass is 10.2. The zero-order valence-electron chi connectivity index (χ0n) is 12.6. The fourth-order valence-corrected chi connectivity index (χ4v) is 3.05. The Hall–Kier alpha value is -1.66. The van der Waals surface area contributed by atoms with Crippen LogP contribution in [0.4, 0.5) is 0 Å². The molecule has 2 aromatic rings. The number of hydrogen-bond donors (Lipinski definition) is 1. The third-order valence-corrected chi connectivity index (χ3v) is 4.09. The molecule has 0 fully saturated rings. The molecule has 1 N–H and O–H groups in total. The van der Waals surface area contributed by atoms with Crippen molar-refractivity contribution < 1.29 is 24.2 Å². The molecule has 0 heterocycles. The Bertz CT molecular complexity index is 804. The Morgan fingerprint density at radius 3 is 1.76 bits per heavy atom. The minimum atomic E-state index is -1.22. The van der Waals surface area contributed by atoms with E-state index in [9.17, 15) is 9.59 Å². The smallest absolute Gasteiger partial charge is 0.343 e. The van der Waals surface area contributed by atoms with Crippen LogP contribution in [0, 0.1) is 0 Å². The van der Waals surface area contributed by atoms with Crippen LogP contribution in [0.2, 0.25) is 20.1 Å². The van der Waals surface area contributed by atoms with Crippen LogP contribution in [0.1, 0.15) is 27.6 Å². The molecule has 0 saturated carbocycles. The topological polar surface area (TPSA) is 72.8 Å². The molecule has 2 aromatic carbocycles. The maximum atomic E-state index is 12.3. The second-order valence-corrected chi connectivity index (χ2v) is 6.29. The van der Waals surface area contributed by atoms with E-state index in [4.69, 9.17) is 61.0 Å². The van der Waals surface area contributed by atoms with Gasteiger partial charge in [-0.3, -0.25) is 0 Å². The molecule has 0 saturated heterocycles. The SMILES string of the molecule is CCOc1c(Cl)cc(C(=O)Oc2c(Cl)cc(C(=O)O)cc2Cl)cc1Cl. The average Bonchev–Trinajstić information content (AvgIpc) is 2.53. The molecular formula is C16H10Cl4O5. The minimum Gasteiger partial charge on any atom is -0.491 e. The Morgan fingerprint density at radius 2 is 1.32 bits per heavy atom. The zero-order valence-corrected chi connectivity index (χ0v) is 15.6. The fourth-order valence-electron chi connectivity index (χ4n) is 1.89. The van der Waals surface area contributed by atoms with E-state index in [0.717, 1.165) is 12.1 Å². The van der Waals surface area contributed by atoms with Crippen molar-refractivity contribution in [2.24, 2.45) is 0 Å². The molecule has 0 aromatic heterocycles. The lowest BCUT2D eigenvalue weighted by Crippen LogP contribution is -2.10. The predicted octanol–water partition coefficient (Wildman–Crippen LogP) is 5.62. The number of rotatable bonds is 5. The van der Waals surface area contributed by atoms with Gasteiger partial charge in [0.25, 0.3) is 0 Å². The average molecular weight is 424 g/mol. The Morgan fingerprint density at radius 1 is 0.880 bits per heavy atom. The van der Waals surface area contributed by atoms with Crippen molar-refractivity contribution in [3.8, 4) is 11.5 Å². The Labute approximate surface area is 163 Å². The minimum absolute atomic E-state index is 0.0490. The highest BCUT2D eigenvalue weighted by atomic mass is 35.5. The summed E-state index contributed by atoms with van der Waals surface area (Å²) in [7, 11) is 0. The maximum absolute atomic E-state index is 12.3. The number of carbonyl (C=O) groups excluding carboxylic acids is 1. The first-order valence-corrected chi connectivity index (χ1v) is 8.32. The zero-order chi connectivity index (χ0) is 18.7. The van der Waals surface area contributed by atoms with Crippen LogP contribution in [0.25, 0.3) is 0 Å². The van der Waals surface area contributed by atoms with E-state index in [1.54, 1.807) is 6.92 Å². The summed E-state index contributed by atoms with van der Waals surface area (Å²) in [4.78, 5) is 23.3. The lowest BCUT2D eigenvalue weighted by Gasteiger charge is -2.12. The molecule has 0 spiro atoms. The number of carboxylic acid groups (broad SMARTS) is 1. The molecule has 0 aliphatic heterocycles. The van der Waals surface area contributed by atoms with Crippen LogP contribution in [0.5, 0.6) is 11.5 Å². The summed E-state index contributed by atoms with van der Waals surface area (Å²) in [5, 5.41) is 8.98. The van der Waals surface area contributed by atoms with Crippen molar-refractivity contribution in [3.05, 3.63) is 55.5 Å². The largest absolute Gasteiger partial charge is 0.491 e. The van der Waals surface area contributed by atoms with Crippen LogP contribution < -0.4 is 9.47 Å². The summed E-state index contributed by atoms with van der Waals surface area (Å²) in [6.45, 7) is 2.12. The van der Waals surface area contributed by atoms with E-state index in [2.05, 4.69) is 0 Å². The van der Waals surface area contributed by atoms with Gasteiger partial charge in [-0.05, 0) is 31.2 Å². The van der Waals surface area contributed by atoms with Gasteiger partial charge in [0.15, 0.2) is 11.5 Å². The van der Waals surface area contributed by atoms with Crippen LogP contribution in [0.15, 0.2) is 24.3 Å². The molecule has 5 nitrogen and oxygen atoms in total. The molecular weight excluding hydrogens is 414 g/mol. The van der Waals surface area contributed by atoms with Crippen LogP contribution in [-0.4, -0.2) is 23.7 Å². The maximum Gasteiger partial charge on any atom is 0.343 e. The normalized spacial score (nSPS) is 10.4. The number of aromatic carboxylic acids is 1. The van der Waals surface area contributed by atoms with Gasteiger partial charge in [0.05, 0.1) is 37.8 Å². The van der Waals surface area contributed by atoms with Crippen LogP contribution in [-0.2, 0) is 0 Å². The molecule has 2 rings (SSSR count). The third-order valence-electron chi connectivity index (χ3n) is 2.96. The molecule has 0 radical (unpaired) electrons. The number of carboxylic acids is 1. The molecule has 0 unspecified atom stereocenters. The van der Waals surface area contributed by atoms with Crippen LogP contribution in [0.3, 0.4) is 0 Å². The first-order chi connectivity index (χ1) is 11.7. The second kappa shape index (κ2) is 8.15. The number of carbonyl (C=O) groups is 2. The van der Waals surface area contributed by atoms with Gasteiger partial charge in [-0.15, -0.1) is 0 Å². The quantitative estimate of drug-likeness (QED) is 0.499. The number of esters is 1. The van der Waals surface area contributed by atoms with E-state index >= 15 is 0 Å². The van der Waals surface area contributed by atoms with Crippen LogP contribution >= 0.6 is 46.4 Å². The second-order valence-electron chi connectivity index (χ2n) is 4.67. The summed E-state index contributed by atoms with van der Waals surface area (Å²) < 4.78 is 10.4. The van der Waals surface area contributed by atoms with Gasteiger partial charge in [-0.1, -0.05) is 46.4 Å². The number of ether oxygens (including phenoxy) is 2. The standard InChI is InChI=1S/C16H10Cl4O5/c1-2-24-13-9(17)5-8(6-10(13)18)16(23)25-14-11(19)3-7(15(21)22)4-12(14)20/h3-6H,2H2,1H3,(H,21,22). The first kappa shape index (κ1) is 19.7. The van der Waals surface area contributed by atoms with Gasteiger partial charge in [0, 0.05) is 0 Å². The lowest BCUT2D eigenvalue weighted by molar-refractivity contribution is 0.0696. The van der Waals surface area contributed by atoms with E-state index in [-0.39, 0.29) is 42.7 Å². The van der Waals surface area contributed by atoms with Gasteiger partial charge in [0.2, 0.25) is 0 Å². The molecule has 0 aliphatic rings. The molecule has 0 bridgehead atoms. The van der Waals surface area contributed by atoms with Gasteiger partial charge >= 0.3 is 11.9 Å². The third kappa shape index (κ3) is 4.50. The molecule has 9 heteroatoms. The molecule has 132 valence electrons. The number of halogens is 4. The van der Waals surface area contributed by atoms with Gasteiger partial charge in [0.1, 0.15) is 0 Å². The first-order valence-electron chi connectivity index (χ1n) is 6.81. The van der Waals surface area contributed by atoms with Crippen molar-refractivity contribution in [2.75, 3.05) is 6.61 Å². The van der Waals surface area contributed by atoms with E-state index in [0.29, 0.717) is 6.61 Å².